The molecule has 1 N–H and O–H groups in total. The molecule has 1 aromatic heterocycles. The van der Waals surface area contributed by atoms with Crippen LogP contribution in [-0.2, 0) is 6.30 Å². The summed E-state index contributed by atoms with van der Waals surface area (Å²) in [4.78, 5) is 10.2. The third-order valence-corrected chi connectivity index (χ3v) is 0.825. The van der Waals surface area contributed by atoms with Crippen LogP contribution in [0.3, 0.4) is 0 Å². The summed E-state index contributed by atoms with van der Waals surface area (Å²) in [6.07, 6.45) is -4.30. The van der Waals surface area contributed by atoms with E-state index in [0.717, 1.165) is 0 Å². The van der Waals surface area contributed by atoms with Crippen molar-refractivity contribution in [2.75, 3.05) is 0 Å². The van der Waals surface area contributed by atoms with Crippen molar-refractivity contribution in [2.24, 2.45) is 0 Å². The van der Waals surface area contributed by atoms with Crippen molar-refractivity contribution in [3.8, 4) is 0 Å². The first kappa shape index (κ1) is 6.84. The predicted molar refractivity (Wildman–Crippen MR) is 24.1 cm³/mol. The number of H-pyrrole nitrogens is 1. The first-order chi connectivity index (χ1) is 4.52. The largest absolute Gasteiger partial charge is 0.493 e. The molecule has 4 nitrogen and oxygen atoms in total. The molecular formula is C3H2F3N3O. The fourth-order valence-electron chi connectivity index (χ4n) is 0.429. The summed E-state index contributed by atoms with van der Waals surface area (Å²) >= 11 is 0. The van der Waals surface area contributed by atoms with Gasteiger partial charge in [-0.05, 0) is 0 Å². The van der Waals surface area contributed by atoms with E-state index in [4.69, 9.17) is 0 Å². The van der Waals surface area contributed by atoms with E-state index in [9.17, 15) is 18.0 Å². The lowest BCUT2D eigenvalue weighted by atomic mass is 11.0. The van der Waals surface area contributed by atoms with Gasteiger partial charge in [0, 0.05) is 0 Å². The Balaban J connectivity index is 3.18. The number of aromatic amines is 1. The molecule has 10 heavy (non-hydrogen) atoms. The van der Waals surface area contributed by atoms with Crippen LogP contribution in [0.1, 0.15) is 0 Å². The number of hydrogen-bond acceptors (Lipinski definition) is 2. The molecule has 0 spiro atoms. The maximum Gasteiger partial charge on any atom is 0.493 e. The first-order valence-electron chi connectivity index (χ1n) is 2.21. The van der Waals surface area contributed by atoms with Crippen LogP contribution in [0.5, 0.6) is 0 Å². The van der Waals surface area contributed by atoms with E-state index in [-0.39, 0.29) is 0 Å². The molecule has 0 aliphatic rings. The summed E-state index contributed by atoms with van der Waals surface area (Å²) in [7, 11) is 0. The fourth-order valence-corrected chi connectivity index (χ4v) is 0.429. The summed E-state index contributed by atoms with van der Waals surface area (Å²) in [5.74, 6) is 0. The van der Waals surface area contributed by atoms with Crippen LogP contribution < -0.4 is 5.69 Å². The summed E-state index contributed by atoms with van der Waals surface area (Å²) in [5, 5.41) is 4.51. The van der Waals surface area contributed by atoms with E-state index < -0.39 is 16.6 Å². The van der Waals surface area contributed by atoms with Crippen molar-refractivity contribution < 1.29 is 13.2 Å². The molecule has 0 atom stereocenters. The van der Waals surface area contributed by atoms with Gasteiger partial charge in [0.15, 0.2) is 0 Å². The first-order valence-corrected chi connectivity index (χ1v) is 2.21. The van der Waals surface area contributed by atoms with Crippen molar-refractivity contribution >= 4 is 0 Å². The van der Waals surface area contributed by atoms with E-state index in [1.165, 1.54) is 0 Å². The van der Waals surface area contributed by atoms with Gasteiger partial charge in [0.05, 0.1) is 0 Å². The van der Waals surface area contributed by atoms with Gasteiger partial charge in [0.25, 0.3) is 0 Å². The minimum atomic E-state index is -4.68. The Morgan fingerprint density at radius 3 is 2.40 bits per heavy atom. The Bertz CT molecular complexity index is 271. The molecule has 0 fully saturated rings. The molecule has 1 heterocycles. The van der Waals surface area contributed by atoms with E-state index in [0.29, 0.717) is 6.33 Å². The molecule has 1 aromatic rings. The topological polar surface area (TPSA) is 50.7 Å². The van der Waals surface area contributed by atoms with Crippen molar-refractivity contribution in [1.82, 2.24) is 14.8 Å². The summed E-state index contributed by atoms with van der Waals surface area (Å²) in [6.45, 7) is 0. The fraction of sp³-hybridized carbons (Fsp3) is 0.333. The van der Waals surface area contributed by atoms with E-state index >= 15 is 0 Å². The summed E-state index contributed by atoms with van der Waals surface area (Å²) in [5.41, 5.74) is -1.28. The molecule has 0 saturated heterocycles. The average Bonchev–Trinajstić information content (AvgIpc) is 2.11. The molecular weight excluding hydrogens is 151 g/mol. The SMILES string of the molecule is O=c1[nH]ncn1C(F)(F)F. The monoisotopic (exact) mass is 153 g/mol. The number of aromatic nitrogens is 3. The van der Waals surface area contributed by atoms with Gasteiger partial charge in [0.2, 0.25) is 0 Å². The molecule has 0 aliphatic carbocycles. The molecule has 0 amide bonds. The Labute approximate surface area is 52.3 Å². The average molecular weight is 153 g/mol. The number of nitrogens with zero attached hydrogens (tertiary/aromatic N) is 2. The van der Waals surface area contributed by atoms with Crippen LogP contribution in [0.25, 0.3) is 0 Å². The zero-order chi connectivity index (χ0) is 7.78. The van der Waals surface area contributed by atoms with Crippen molar-refractivity contribution in [2.45, 2.75) is 6.30 Å². The minimum absolute atomic E-state index is 0.377. The van der Waals surface area contributed by atoms with Gasteiger partial charge in [-0.25, -0.2) is 9.89 Å². The second-order valence-corrected chi connectivity index (χ2v) is 1.50. The maximum atomic E-state index is 11.6. The number of nitrogens with one attached hydrogen (secondary N) is 1. The maximum absolute atomic E-state index is 11.6. The lowest BCUT2D eigenvalue weighted by Crippen LogP contribution is -2.27. The van der Waals surface area contributed by atoms with Gasteiger partial charge in [-0.2, -0.15) is 9.67 Å². The van der Waals surface area contributed by atoms with Gasteiger partial charge in [-0.3, -0.25) is 0 Å². The van der Waals surface area contributed by atoms with Crippen LogP contribution in [0, 0.1) is 0 Å². The molecule has 1 rings (SSSR count). The third-order valence-electron chi connectivity index (χ3n) is 0.825. The quantitative estimate of drug-likeness (QED) is 0.572. The second-order valence-electron chi connectivity index (χ2n) is 1.50. The lowest BCUT2D eigenvalue weighted by molar-refractivity contribution is -0.206. The minimum Gasteiger partial charge on any atom is -0.246 e. The Kier molecular flexibility index (Phi) is 1.27. The van der Waals surface area contributed by atoms with Gasteiger partial charge >= 0.3 is 12.0 Å². The van der Waals surface area contributed by atoms with Crippen LogP contribution in [0.4, 0.5) is 13.2 Å². The number of rotatable bonds is 0. The number of hydrogen-bond donors (Lipinski definition) is 1. The predicted octanol–water partition coefficient (Wildman–Crippen LogP) is 0.0477. The van der Waals surface area contributed by atoms with Crippen LogP contribution in [0.2, 0.25) is 0 Å². The smallest absolute Gasteiger partial charge is 0.246 e. The summed E-state index contributed by atoms with van der Waals surface area (Å²) < 4.78 is 34.3. The Hall–Kier alpha value is -1.27. The van der Waals surface area contributed by atoms with E-state index in [1.54, 1.807) is 5.10 Å². The van der Waals surface area contributed by atoms with Gasteiger partial charge in [0.1, 0.15) is 6.33 Å². The van der Waals surface area contributed by atoms with E-state index in [2.05, 4.69) is 5.10 Å². The van der Waals surface area contributed by atoms with Gasteiger partial charge < -0.3 is 0 Å². The highest BCUT2D eigenvalue weighted by atomic mass is 19.4. The molecule has 7 heteroatoms. The molecule has 0 saturated carbocycles. The van der Waals surface area contributed by atoms with Gasteiger partial charge in [-0.15, -0.1) is 13.2 Å². The van der Waals surface area contributed by atoms with Crippen molar-refractivity contribution in [3.63, 3.8) is 0 Å². The zero-order valence-corrected chi connectivity index (χ0v) is 4.51. The summed E-state index contributed by atoms with van der Waals surface area (Å²) in [6, 6.07) is 0. The molecule has 0 bridgehead atoms. The van der Waals surface area contributed by atoms with Crippen LogP contribution in [0.15, 0.2) is 11.1 Å². The molecule has 56 valence electrons. The van der Waals surface area contributed by atoms with Crippen LogP contribution in [-0.4, -0.2) is 14.8 Å². The zero-order valence-electron chi connectivity index (χ0n) is 4.51. The molecule has 0 aliphatic heterocycles. The standard InChI is InChI=1S/C3H2F3N3O/c4-3(5,6)9-1-7-8-2(9)10/h1H,(H,8,10). The Morgan fingerprint density at radius 1 is 1.60 bits per heavy atom. The second kappa shape index (κ2) is 1.86. The number of halogens is 3. The van der Waals surface area contributed by atoms with Gasteiger partial charge in [-0.1, -0.05) is 0 Å². The van der Waals surface area contributed by atoms with Crippen molar-refractivity contribution in [1.29, 1.82) is 0 Å². The molecule has 0 unspecified atom stereocenters. The molecule has 0 aromatic carbocycles. The highest BCUT2D eigenvalue weighted by Crippen LogP contribution is 2.18. The van der Waals surface area contributed by atoms with Crippen LogP contribution >= 0.6 is 0 Å². The van der Waals surface area contributed by atoms with Crippen molar-refractivity contribution in [3.05, 3.63) is 16.8 Å². The van der Waals surface area contributed by atoms with E-state index in [1.807, 2.05) is 0 Å². The number of alkyl halides is 3. The lowest BCUT2D eigenvalue weighted by Gasteiger charge is -2.01. The highest BCUT2D eigenvalue weighted by molar-refractivity contribution is 4.65. The Morgan fingerprint density at radius 2 is 2.20 bits per heavy atom. The highest BCUT2D eigenvalue weighted by Gasteiger charge is 2.32. The third kappa shape index (κ3) is 1.02. The normalized spacial score (nSPS) is 11.9. The molecule has 0 radical (unpaired) electrons.